The van der Waals surface area contributed by atoms with E-state index in [-0.39, 0.29) is 6.04 Å². The van der Waals surface area contributed by atoms with E-state index in [9.17, 15) is 0 Å². The molecule has 2 heterocycles. The first kappa shape index (κ1) is 12.3. The molecule has 3 rings (SSSR count). The Hall–Kier alpha value is -1.79. The van der Waals surface area contributed by atoms with Gasteiger partial charge in [-0.25, -0.2) is 0 Å². The van der Waals surface area contributed by atoms with Gasteiger partial charge < -0.3 is 15.1 Å². The fourth-order valence-corrected chi connectivity index (χ4v) is 2.41. The molecule has 19 heavy (non-hydrogen) atoms. The summed E-state index contributed by atoms with van der Waals surface area (Å²) in [6.07, 6.45) is 4.71. The molecule has 0 saturated heterocycles. The van der Waals surface area contributed by atoms with Crippen molar-refractivity contribution in [2.75, 3.05) is 6.26 Å². The van der Waals surface area contributed by atoms with E-state index in [0.29, 0.717) is 11.1 Å². The maximum Gasteiger partial charge on any atom is 0.276 e. The highest BCUT2D eigenvalue weighted by Crippen LogP contribution is 2.23. The molecule has 1 aromatic carbocycles. The van der Waals surface area contributed by atoms with E-state index in [1.807, 2.05) is 24.6 Å². The topological polar surface area (TPSA) is 82.4 Å². The van der Waals surface area contributed by atoms with Crippen molar-refractivity contribution >= 4 is 22.7 Å². The molecule has 0 radical (unpaired) electrons. The fraction of sp³-hybridized carbons (Fsp3) is 0.231. The van der Waals surface area contributed by atoms with E-state index >= 15 is 0 Å². The zero-order chi connectivity index (χ0) is 13.2. The van der Waals surface area contributed by atoms with E-state index in [4.69, 9.17) is 4.42 Å². The molecule has 5 nitrogen and oxygen atoms in total. The lowest BCUT2D eigenvalue weighted by molar-refractivity contribution is -0.431. The molecule has 1 atom stereocenters. The number of fused-ring (bicyclic) bond motifs is 1. The van der Waals surface area contributed by atoms with Gasteiger partial charge >= 0.3 is 0 Å². The van der Waals surface area contributed by atoms with Crippen LogP contribution in [0.2, 0.25) is 0 Å². The summed E-state index contributed by atoms with van der Waals surface area (Å²) in [6, 6.07) is 8.20. The first-order valence-corrected chi connectivity index (χ1v) is 7.26. The molecule has 6 heteroatoms. The maximum absolute atomic E-state index is 5.52. The standard InChI is InChI=1S/C13H14N4OS/c1-19-13-17-16-12(18-13)10(14)6-8-7-15-11-5-3-2-4-9(8)11/h2-5,7,10,15H,6,14H2,1H3/p+1/t10-/m0/s1. The minimum absolute atomic E-state index is 0.0346. The number of para-hydroxylation sites is 1. The van der Waals surface area contributed by atoms with E-state index in [1.165, 1.54) is 22.7 Å². The molecule has 0 aliphatic rings. The molecule has 0 aliphatic heterocycles. The maximum atomic E-state index is 5.52. The molecule has 0 fully saturated rings. The summed E-state index contributed by atoms with van der Waals surface area (Å²) >= 11 is 1.44. The van der Waals surface area contributed by atoms with Gasteiger partial charge in [-0.15, -0.1) is 10.2 Å². The Morgan fingerprint density at radius 3 is 3.00 bits per heavy atom. The van der Waals surface area contributed by atoms with Gasteiger partial charge in [-0.05, 0) is 17.9 Å². The van der Waals surface area contributed by atoms with Crippen molar-refractivity contribution in [1.29, 1.82) is 0 Å². The Morgan fingerprint density at radius 2 is 2.21 bits per heavy atom. The third-order valence-corrected chi connectivity index (χ3v) is 3.60. The quantitative estimate of drug-likeness (QED) is 0.711. The number of benzene rings is 1. The highest BCUT2D eigenvalue weighted by Gasteiger charge is 2.19. The highest BCUT2D eigenvalue weighted by molar-refractivity contribution is 7.98. The van der Waals surface area contributed by atoms with Gasteiger partial charge in [-0.2, -0.15) is 0 Å². The van der Waals surface area contributed by atoms with Gasteiger partial charge in [-0.1, -0.05) is 30.0 Å². The van der Waals surface area contributed by atoms with Crippen molar-refractivity contribution in [1.82, 2.24) is 15.2 Å². The van der Waals surface area contributed by atoms with Gasteiger partial charge in [0.1, 0.15) is 0 Å². The minimum Gasteiger partial charge on any atom is -0.410 e. The summed E-state index contributed by atoms with van der Waals surface area (Å²) in [4.78, 5) is 3.26. The van der Waals surface area contributed by atoms with Crippen molar-refractivity contribution in [3.8, 4) is 0 Å². The molecule has 0 saturated carbocycles. The zero-order valence-corrected chi connectivity index (χ0v) is 11.4. The van der Waals surface area contributed by atoms with Crippen LogP contribution in [0.1, 0.15) is 17.5 Å². The van der Waals surface area contributed by atoms with Crippen molar-refractivity contribution in [2.24, 2.45) is 0 Å². The second-order valence-corrected chi connectivity index (χ2v) is 5.13. The molecule has 3 aromatic rings. The van der Waals surface area contributed by atoms with Crippen LogP contribution >= 0.6 is 11.8 Å². The molecule has 0 spiro atoms. The van der Waals surface area contributed by atoms with Crippen molar-refractivity contribution in [3.63, 3.8) is 0 Å². The summed E-state index contributed by atoms with van der Waals surface area (Å²) < 4.78 is 5.52. The molecular formula is C13H15N4OS+. The average Bonchev–Trinajstić information content (AvgIpc) is 3.06. The number of thioether (sulfide) groups is 1. The molecule has 2 aromatic heterocycles. The average molecular weight is 275 g/mol. The number of nitrogens with one attached hydrogen (secondary N) is 1. The van der Waals surface area contributed by atoms with Gasteiger partial charge in [-0.3, -0.25) is 0 Å². The van der Waals surface area contributed by atoms with Gasteiger partial charge in [0.15, 0.2) is 6.04 Å². The predicted molar refractivity (Wildman–Crippen MR) is 73.7 cm³/mol. The minimum atomic E-state index is -0.0346. The molecule has 0 bridgehead atoms. The van der Waals surface area contributed by atoms with E-state index < -0.39 is 0 Å². The Kier molecular flexibility index (Phi) is 3.27. The normalized spacial score (nSPS) is 12.9. The number of rotatable bonds is 4. The molecule has 0 amide bonds. The van der Waals surface area contributed by atoms with Crippen molar-refractivity contribution in [3.05, 3.63) is 41.9 Å². The molecule has 0 aliphatic carbocycles. The van der Waals surface area contributed by atoms with Crippen LogP contribution in [0, 0.1) is 0 Å². The number of H-pyrrole nitrogens is 1. The fourth-order valence-electron chi connectivity index (χ4n) is 2.12. The van der Waals surface area contributed by atoms with E-state index in [1.54, 1.807) is 0 Å². The second-order valence-electron chi connectivity index (χ2n) is 4.37. The highest BCUT2D eigenvalue weighted by atomic mass is 32.2. The first-order valence-electron chi connectivity index (χ1n) is 6.03. The lowest BCUT2D eigenvalue weighted by Gasteiger charge is -2.02. The molecular weight excluding hydrogens is 260 g/mol. The van der Waals surface area contributed by atoms with Crippen LogP contribution < -0.4 is 5.73 Å². The predicted octanol–water partition coefficient (Wildman–Crippen LogP) is 1.80. The molecule has 0 unspecified atom stereocenters. The van der Waals surface area contributed by atoms with Gasteiger partial charge in [0, 0.05) is 23.5 Å². The summed E-state index contributed by atoms with van der Waals surface area (Å²) in [5, 5.41) is 9.79. The number of aromatic nitrogens is 3. The smallest absolute Gasteiger partial charge is 0.276 e. The Morgan fingerprint density at radius 1 is 1.37 bits per heavy atom. The van der Waals surface area contributed by atoms with Gasteiger partial charge in [0.25, 0.3) is 11.1 Å². The Labute approximate surface area is 114 Å². The number of quaternary nitrogens is 1. The van der Waals surface area contributed by atoms with Gasteiger partial charge in [0.2, 0.25) is 0 Å². The summed E-state index contributed by atoms with van der Waals surface area (Å²) in [5.74, 6) is 0.592. The van der Waals surface area contributed by atoms with Crippen LogP contribution in [0.25, 0.3) is 10.9 Å². The third kappa shape index (κ3) is 2.36. The Bertz CT molecular complexity index is 691. The summed E-state index contributed by atoms with van der Waals surface area (Å²) in [5.41, 5.74) is 6.48. The van der Waals surface area contributed by atoms with Crippen molar-refractivity contribution in [2.45, 2.75) is 17.7 Å². The number of aromatic amines is 1. The van der Waals surface area contributed by atoms with Crippen LogP contribution in [0.3, 0.4) is 0 Å². The lowest BCUT2D eigenvalue weighted by atomic mass is 10.1. The molecule has 4 N–H and O–H groups in total. The largest absolute Gasteiger partial charge is 0.410 e. The lowest BCUT2D eigenvalue weighted by Crippen LogP contribution is -2.54. The van der Waals surface area contributed by atoms with Crippen LogP contribution in [0.5, 0.6) is 0 Å². The van der Waals surface area contributed by atoms with E-state index in [0.717, 1.165) is 11.9 Å². The zero-order valence-electron chi connectivity index (χ0n) is 10.6. The number of nitrogens with zero attached hydrogens (tertiary/aromatic N) is 2. The summed E-state index contributed by atoms with van der Waals surface area (Å²) in [6.45, 7) is 0. The second kappa shape index (κ2) is 5.07. The Balaban J connectivity index is 1.84. The monoisotopic (exact) mass is 275 g/mol. The third-order valence-electron chi connectivity index (χ3n) is 3.09. The van der Waals surface area contributed by atoms with Gasteiger partial charge in [0.05, 0.1) is 0 Å². The number of hydrogen-bond donors (Lipinski definition) is 2. The molecule has 98 valence electrons. The summed E-state index contributed by atoms with van der Waals surface area (Å²) in [7, 11) is 0. The SMILES string of the molecule is CSc1nnc([C@@H]([NH3+])Cc2c[nH]c3ccccc23)o1. The van der Waals surface area contributed by atoms with Crippen LogP contribution in [0.15, 0.2) is 40.1 Å². The number of hydrogen-bond acceptors (Lipinski definition) is 4. The first-order chi connectivity index (χ1) is 9.28. The van der Waals surface area contributed by atoms with Crippen molar-refractivity contribution < 1.29 is 10.2 Å². The van der Waals surface area contributed by atoms with E-state index in [2.05, 4.69) is 33.0 Å². The van der Waals surface area contributed by atoms with Crippen LogP contribution in [-0.4, -0.2) is 21.4 Å². The van der Waals surface area contributed by atoms with Crippen LogP contribution in [-0.2, 0) is 6.42 Å². The van der Waals surface area contributed by atoms with Crippen LogP contribution in [0.4, 0.5) is 0 Å².